The van der Waals surface area contributed by atoms with Crippen LogP contribution in [0.25, 0.3) is 0 Å². The van der Waals surface area contributed by atoms with Crippen LogP contribution in [-0.4, -0.2) is 23.9 Å². The third kappa shape index (κ3) is 4.43. The number of halogens is 1. The predicted molar refractivity (Wildman–Crippen MR) is 40.0 cm³/mol. The van der Waals surface area contributed by atoms with E-state index in [0.29, 0.717) is 5.33 Å². The number of hydrogen-bond donors (Lipinski definition) is 0. The Kier molecular flexibility index (Phi) is 5.10. The molecule has 0 radical (unpaired) electrons. The molecule has 0 amide bonds. The minimum Gasteiger partial charge on any atom is -0.460 e. The highest BCUT2D eigenvalue weighted by Gasteiger charge is 2.09. The molecule has 0 rings (SSSR count). The quantitative estimate of drug-likeness (QED) is 0.396. The molecule has 0 aromatic carbocycles. The molecule has 10 heavy (non-hydrogen) atoms. The molecule has 1 atom stereocenters. The summed E-state index contributed by atoms with van der Waals surface area (Å²) in [5.41, 5.74) is 0. The van der Waals surface area contributed by atoms with Crippen LogP contribution in [0.2, 0.25) is 0 Å². The summed E-state index contributed by atoms with van der Waals surface area (Å²) in [6, 6.07) is 0. The second kappa shape index (κ2) is 5.34. The van der Waals surface area contributed by atoms with Crippen LogP contribution in [-0.2, 0) is 9.53 Å². The molecule has 0 bridgehead atoms. The SMILES string of the molecule is CC(=O)OC(CBr)CN=O. The first-order valence-corrected chi connectivity index (χ1v) is 3.85. The van der Waals surface area contributed by atoms with Crippen molar-refractivity contribution in [1.82, 2.24) is 0 Å². The minimum absolute atomic E-state index is 0.00479. The van der Waals surface area contributed by atoms with E-state index in [0.717, 1.165) is 0 Å². The van der Waals surface area contributed by atoms with Crippen LogP contribution in [0.5, 0.6) is 0 Å². The third-order valence-corrected chi connectivity index (χ3v) is 1.51. The van der Waals surface area contributed by atoms with Crippen molar-refractivity contribution in [2.24, 2.45) is 5.18 Å². The fraction of sp³-hybridized carbons (Fsp3) is 0.800. The number of hydrogen-bond acceptors (Lipinski definition) is 4. The molecule has 0 spiro atoms. The molecular weight excluding hydrogens is 202 g/mol. The number of nitroso groups, excluding NO2 is 1. The van der Waals surface area contributed by atoms with Gasteiger partial charge in [0.15, 0.2) is 0 Å². The Morgan fingerprint density at radius 2 is 2.40 bits per heavy atom. The molecule has 5 heteroatoms. The number of ether oxygens (including phenoxy) is 1. The summed E-state index contributed by atoms with van der Waals surface area (Å²) < 4.78 is 4.66. The first kappa shape index (κ1) is 9.55. The molecule has 0 aliphatic carbocycles. The van der Waals surface area contributed by atoms with E-state index >= 15 is 0 Å². The zero-order chi connectivity index (χ0) is 7.98. The third-order valence-electron chi connectivity index (χ3n) is 0.783. The second-order valence-corrected chi connectivity index (χ2v) is 2.34. The molecule has 0 N–H and O–H groups in total. The average molecular weight is 210 g/mol. The number of nitrogens with zero attached hydrogens (tertiary/aromatic N) is 1. The van der Waals surface area contributed by atoms with Gasteiger partial charge in [0.2, 0.25) is 0 Å². The zero-order valence-electron chi connectivity index (χ0n) is 5.54. The summed E-state index contributed by atoms with van der Waals surface area (Å²) in [4.78, 5) is 20.0. The van der Waals surface area contributed by atoms with E-state index in [1.54, 1.807) is 0 Å². The number of esters is 1. The molecule has 0 aromatic heterocycles. The molecule has 58 valence electrons. The fourth-order valence-electron chi connectivity index (χ4n) is 0.435. The summed E-state index contributed by atoms with van der Waals surface area (Å²) in [6.07, 6.45) is -0.421. The van der Waals surface area contributed by atoms with Crippen molar-refractivity contribution in [1.29, 1.82) is 0 Å². The summed E-state index contributed by atoms with van der Waals surface area (Å²) in [5, 5.41) is 3.05. The molecule has 0 aromatic rings. The molecule has 0 heterocycles. The molecule has 0 saturated heterocycles. The molecular formula is C5H8BrNO3. The Labute approximate surface area is 67.0 Å². The van der Waals surface area contributed by atoms with Crippen LogP contribution in [0.15, 0.2) is 5.18 Å². The minimum atomic E-state index is -0.421. The van der Waals surface area contributed by atoms with Gasteiger partial charge in [0, 0.05) is 12.3 Å². The number of rotatable bonds is 4. The van der Waals surface area contributed by atoms with Crippen LogP contribution in [0.4, 0.5) is 0 Å². The normalized spacial score (nSPS) is 12.2. The van der Waals surface area contributed by atoms with E-state index in [-0.39, 0.29) is 6.54 Å². The van der Waals surface area contributed by atoms with Gasteiger partial charge in [-0.25, -0.2) is 0 Å². The summed E-state index contributed by atoms with van der Waals surface area (Å²) >= 11 is 3.07. The molecule has 0 fully saturated rings. The van der Waals surface area contributed by atoms with E-state index in [9.17, 15) is 9.70 Å². The molecule has 1 unspecified atom stereocenters. The van der Waals surface area contributed by atoms with Gasteiger partial charge in [-0.1, -0.05) is 21.1 Å². The highest BCUT2D eigenvalue weighted by Crippen LogP contribution is 1.97. The lowest BCUT2D eigenvalue weighted by atomic mass is 10.4. The van der Waals surface area contributed by atoms with E-state index in [2.05, 4.69) is 25.8 Å². The van der Waals surface area contributed by atoms with Crippen molar-refractivity contribution in [3.8, 4) is 0 Å². The topological polar surface area (TPSA) is 55.7 Å². The lowest BCUT2D eigenvalue weighted by Gasteiger charge is -2.08. The zero-order valence-corrected chi connectivity index (χ0v) is 7.13. The van der Waals surface area contributed by atoms with E-state index in [1.165, 1.54) is 6.92 Å². The maximum atomic E-state index is 10.3. The van der Waals surface area contributed by atoms with Crippen molar-refractivity contribution >= 4 is 21.9 Å². The van der Waals surface area contributed by atoms with Crippen molar-refractivity contribution in [3.63, 3.8) is 0 Å². The van der Waals surface area contributed by atoms with Gasteiger partial charge in [0.1, 0.15) is 12.6 Å². The lowest BCUT2D eigenvalue weighted by molar-refractivity contribution is -0.144. The largest absolute Gasteiger partial charge is 0.460 e. The molecule has 0 aliphatic heterocycles. The summed E-state index contributed by atoms with van der Waals surface area (Å²) in [6.45, 7) is 1.30. The van der Waals surface area contributed by atoms with Crippen molar-refractivity contribution in [3.05, 3.63) is 4.91 Å². The van der Waals surface area contributed by atoms with Gasteiger partial charge in [-0.15, -0.1) is 0 Å². The number of carbonyl (C=O) groups is 1. The maximum Gasteiger partial charge on any atom is 0.302 e. The van der Waals surface area contributed by atoms with Gasteiger partial charge in [-0.05, 0) is 0 Å². The maximum absolute atomic E-state index is 10.3. The monoisotopic (exact) mass is 209 g/mol. The van der Waals surface area contributed by atoms with Crippen LogP contribution in [0, 0.1) is 4.91 Å². The van der Waals surface area contributed by atoms with Gasteiger partial charge >= 0.3 is 5.97 Å². The lowest BCUT2D eigenvalue weighted by Crippen LogP contribution is -2.20. The summed E-state index contributed by atoms with van der Waals surface area (Å²) in [5.74, 6) is -0.395. The van der Waals surface area contributed by atoms with Crippen molar-refractivity contribution in [2.45, 2.75) is 13.0 Å². The van der Waals surface area contributed by atoms with Gasteiger partial charge in [-0.3, -0.25) is 4.79 Å². The van der Waals surface area contributed by atoms with E-state index in [1.807, 2.05) is 0 Å². The highest BCUT2D eigenvalue weighted by molar-refractivity contribution is 9.09. The Morgan fingerprint density at radius 1 is 1.80 bits per heavy atom. The van der Waals surface area contributed by atoms with Crippen molar-refractivity contribution < 1.29 is 9.53 Å². The predicted octanol–water partition coefficient (Wildman–Crippen LogP) is 1.08. The Hall–Kier alpha value is -0.450. The van der Waals surface area contributed by atoms with Crippen LogP contribution in [0.1, 0.15) is 6.92 Å². The Bertz CT molecular complexity index is 128. The smallest absolute Gasteiger partial charge is 0.302 e. The Morgan fingerprint density at radius 3 is 2.70 bits per heavy atom. The first-order valence-electron chi connectivity index (χ1n) is 2.73. The van der Waals surface area contributed by atoms with Gasteiger partial charge in [0.25, 0.3) is 0 Å². The van der Waals surface area contributed by atoms with Gasteiger partial charge in [-0.2, -0.15) is 4.91 Å². The van der Waals surface area contributed by atoms with Gasteiger partial charge < -0.3 is 4.74 Å². The van der Waals surface area contributed by atoms with E-state index in [4.69, 9.17) is 0 Å². The van der Waals surface area contributed by atoms with Gasteiger partial charge in [0.05, 0.1) is 0 Å². The van der Waals surface area contributed by atoms with Crippen LogP contribution < -0.4 is 0 Å². The fourth-order valence-corrected chi connectivity index (χ4v) is 0.772. The van der Waals surface area contributed by atoms with Crippen molar-refractivity contribution in [2.75, 3.05) is 11.9 Å². The molecule has 4 nitrogen and oxygen atoms in total. The first-order chi connectivity index (χ1) is 4.70. The summed E-state index contributed by atoms with van der Waals surface area (Å²) in [7, 11) is 0. The molecule has 0 aliphatic rings. The van der Waals surface area contributed by atoms with Crippen LogP contribution >= 0.6 is 15.9 Å². The van der Waals surface area contributed by atoms with Crippen LogP contribution in [0.3, 0.4) is 0 Å². The molecule has 0 saturated carbocycles. The standard InChI is InChI=1S/C5H8BrNO3/c1-4(8)10-5(2-6)3-7-9/h5H,2-3H2,1H3. The number of alkyl halides is 1. The van der Waals surface area contributed by atoms with E-state index < -0.39 is 12.1 Å². The average Bonchev–Trinajstić information content (AvgIpc) is 1.86. The highest BCUT2D eigenvalue weighted by atomic mass is 79.9. The Balaban J connectivity index is 3.59. The second-order valence-electron chi connectivity index (χ2n) is 1.70. The number of carbonyl (C=O) groups excluding carboxylic acids is 1.